The number of benzene rings is 1. The lowest BCUT2D eigenvalue weighted by Crippen LogP contribution is -2.13. The standard InChI is InChI=1S/C22H19FN4/c23-18-6-3-16(4-7-18)22-20(14-9-11-25-12-10-14)19-8-5-17(13-27(19)26-22)21(24)15-1-2-15/h3-13,15,21H,1-2,24H2/t21-/m0/s1. The Morgan fingerprint density at radius 1 is 0.963 bits per heavy atom. The summed E-state index contributed by atoms with van der Waals surface area (Å²) in [7, 11) is 0. The van der Waals surface area contributed by atoms with Gasteiger partial charge in [0.15, 0.2) is 0 Å². The Bertz CT molecular complexity index is 1100. The number of pyridine rings is 2. The van der Waals surface area contributed by atoms with E-state index in [9.17, 15) is 4.39 Å². The third-order valence-electron chi connectivity index (χ3n) is 5.25. The molecular weight excluding hydrogens is 339 g/mol. The van der Waals surface area contributed by atoms with Crippen LogP contribution in [0.1, 0.15) is 24.4 Å². The Morgan fingerprint density at radius 2 is 1.70 bits per heavy atom. The third-order valence-corrected chi connectivity index (χ3v) is 5.25. The molecule has 1 aromatic carbocycles. The number of rotatable bonds is 4. The summed E-state index contributed by atoms with van der Waals surface area (Å²) in [5.74, 6) is 0.319. The minimum Gasteiger partial charge on any atom is -0.324 e. The minimum absolute atomic E-state index is 0.0530. The van der Waals surface area contributed by atoms with Crippen LogP contribution in [-0.2, 0) is 0 Å². The second kappa shape index (κ2) is 6.28. The van der Waals surface area contributed by atoms with Crippen molar-refractivity contribution in [3.63, 3.8) is 0 Å². The average Bonchev–Trinajstić information content (AvgIpc) is 3.48. The lowest BCUT2D eigenvalue weighted by Gasteiger charge is -2.10. The quantitative estimate of drug-likeness (QED) is 0.579. The van der Waals surface area contributed by atoms with Gasteiger partial charge in [-0.3, -0.25) is 4.98 Å². The Labute approximate surface area is 156 Å². The van der Waals surface area contributed by atoms with Gasteiger partial charge in [0.25, 0.3) is 0 Å². The van der Waals surface area contributed by atoms with E-state index >= 15 is 0 Å². The van der Waals surface area contributed by atoms with E-state index in [4.69, 9.17) is 10.8 Å². The van der Waals surface area contributed by atoms with Gasteiger partial charge in [0, 0.05) is 35.8 Å². The molecule has 4 aromatic rings. The minimum atomic E-state index is -0.259. The lowest BCUT2D eigenvalue weighted by atomic mass is 10.00. The molecule has 27 heavy (non-hydrogen) atoms. The van der Waals surface area contributed by atoms with Gasteiger partial charge in [0.2, 0.25) is 0 Å². The largest absolute Gasteiger partial charge is 0.324 e. The van der Waals surface area contributed by atoms with E-state index in [0.29, 0.717) is 5.92 Å². The normalized spacial score (nSPS) is 15.2. The number of nitrogens with two attached hydrogens (primary N) is 1. The Morgan fingerprint density at radius 3 is 2.41 bits per heavy atom. The number of nitrogens with zero attached hydrogens (tertiary/aromatic N) is 3. The van der Waals surface area contributed by atoms with E-state index in [0.717, 1.165) is 33.5 Å². The molecule has 3 heterocycles. The smallest absolute Gasteiger partial charge is 0.123 e. The van der Waals surface area contributed by atoms with Gasteiger partial charge in [-0.25, -0.2) is 8.91 Å². The van der Waals surface area contributed by atoms with Crippen LogP contribution in [0.3, 0.4) is 0 Å². The zero-order valence-electron chi connectivity index (χ0n) is 14.7. The molecule has 2 N–H and O–H groups in total. The Balaban J connectivity index is 1.72. The number of hydrogen-bond acceptors (Lipinski definition) is 3. The van der Waals surface area contributed by atoms with Crippen LogP contribution in [0.15, 0.2) is 67.1 Å². The van der Waals surface area contributed by atoms with Crippen molar-refractivity contribution in [2.75, 3.05) is 0 Å². The molecule has 1 fully saturated rings. The maximum absolute atomic E-state index is 13.4. The fourth-order valence-corrected chi connectivity index (χ4v) is 3.60. The summed E-state index contributed by atoms with van der Waals surface area (Å²) >= 11 is 0. The van der Waals surface area contributed by atoms with Crippen LogP contribution < -0.4 is 5.73 Å². The molecule has 0 bridgehead atoms. The van der Waals surface area contributed by atoms with Gasteiger partial charge in [-0.1, -0.05) is 6.07 Å². The molecule has 0 amide bonds. The summed E-state index contributed by atoms with van der Waals surface area (Å²) in [6.07, 6.45) is 7.95. The van der Waals surface area contributed by atoms with E-state index in [2.05, 4.69) is 17.1 Å². The number of halogens is 1. The van der Waals surface area contributed by atoms with Crippen LogP contribution in [0.25, 0.3) is 27.9 Å². The molecule has 3 aromatic heterocycles. The van der Waals surface area contributed by atoms with Crippen LogP contribution in [0.4, 0.5) is 4.39 Å². The topological polar surface area (TPSA) is 56.2 Å². The van der Waals surface area contributed by atoms with Crippen LogP contribution in [0.2, 0.25) is 0 Å². The van der Waals surface area contributed by atoms with E-state index < -0.39 is 0 Å². The highest BCUT2D eigenvalue weighted by Gasteiger charge is 2.30. The monoisotopic (exact) mass is 358 g/mol. The van der Waals surface area contributed by atoms with E-state index in [1.807, 2.05) is 22.8 Å². The van der Waals surface area contributed by atoms with Crippen LogP contribution in [-0.4, -0.2) is 14.6 Å². The Hall–Kier alpha value is -3.05. The van der Waals surface area contributed by atoms with Gasteiger partial charge in [-0.05, 0) is 72.4 Å². The lowest BCUT2D eigenvalue weighted by molar-refractivity contribution is 0.627. The van der Waals surface area contributed by atoms with Crippen LogP contribution in [0, 0.1) is 11.7 Å². The van der Waals surface area contributed by atoms with Crippen molar-refractivity contribution in [1.82, 2.24) is 14.6 Å². The summed E-state index contributed by atoms with van der Waals surface area (Å²) < 4.78 is 15.3. The molecule has 0 radical (unpaired) electrons. The van der Waals surface area contributed by atoms with Crippen LogP contribution >= 0.6 is 0 Å². The summed E-state index contributed by atoms with van der Waals surface area (Å²) in [4.78, 5) is 4.12. The molecule has 1 saturated carbocycles. The van der Waals surface area contributed by atoms with Gasteiger partial charge in [-0.2, -0.15) is 5.10 Å². The van der Waals surface area contributed by atoms with Gasteiger partial charge in [-0.15, -0.1) is 0 Å². The molecule has 0 saturated heterocycles. The zero-order chi connectivity index (χ0) is 18.4. The molecule has 1 aliphatic rings. The summed E-state index contributed by atoms with van der Waals surface area (Å²) in [6.45, 7) is 0. The van der Waals surface area contributed by atoms with Gasteiger partial charge in [0.1, 0.15) is 11.5 Å². The highest BCUT2D eigenvalue weighted by Crippen LogP contribution is 2.40. The summed E-state index contributed by atoms with van der Waals surface area (Å²) in [5.41, 5.74) is 12.2. The van der Waals surface area contributed by atoms with Crippen molar-refractivity contribution in [1.29, 1.82) is 0 Å². The maximum Gasteiger partial charge on any atom is 0.123 e. The van der Waals surface area contributed by atoms with E-state index in [-0.39, 0.29) is 11.9 Å². The Kier molecular flexibility index (Phi) is 3.76. The average molecular weight is 358 g/mol. The van der Waals surface area contributed by atoms with Crippen molar-refractivity contribution in [2.24, 2.45) is 11.7 Å². The zero-order valence-corrected chi connectivity index (χ0v) is 14.7. The van der Waals surface area contributed by atoms with E-state index in [1.165, 1.54) is 25.0 Å². The van der Waals surface area contributed by atoms with Crippen molar-refractivity contribution >= 4 is 5.52 Å². The first kappa shape index (κ1) is 16.1. The van der Waals surface area contributed by atoms with Crippen molar-refractivity contribution in [3.8, 4) is 22.4 Å². The highest BCUT2D eigenvalue weighted by atomic mass is 19.1. The number of aromatic nitrogens is 3. The molecule has 0 aliphatic heterocycles. The second-order valence-electron chi connectivity index (χ2n) is 7.12. The first-order valence-electron chi connectivity index (χ1n) is 9.15. The third kappa shape index (κ3) is 2.90. The fourth-order valence-electron chi connectivity index (χ4n) is 3.60. The van der Waals surface area contributed by atoms with Gasteiger partial charge >= 0.3 is 0 Å². The molecule has 5 heteroatoms. The highest BCUT2D eigenvalue weighted by molar-refractivity contribution is 5.92. The summed E-state index contributed by atoms with van der Waals surface area (Å²) in [5, 5.41) is 4.83. The molecule has 0 spiro atoms. The van der Waals surface area contributed by atoms with Crippen LogP contribution in [0.5, 0.6) is 0 Å². The fraction of sp³-hybridized carbons (Fsp3) is 0.182. The number of hydrogen-bond donors (Lipinski definition) is 1. The predicted octanol–water partition coefficient (Wildman–Crippen LogP) is 4.61. The molecule has 1 atom stereocenters. The maximum atomic E-state index is 13.4. The molecule has 4 nitrogen and oxygen atoms in total. The van der Waals surface area contributed by atoms with Crippen molar-refractivity contribution in [3.05, 3.63) is 78.5 Å². The number of fused-ring (bicyclic) bond motifs is 1. The van der Waals surface area contributed by atoms with Crippen molar-refractivity contribution < 1.29 is 4.39 Å². The molecule has 5 rings (SSSR count). The first-order chi connectivity index (χ1) is 13.2. The molecule has 1 aliphatic carbocycles. The molecular formula is C22H19FN4. The summed E-state index contributed by atoms with van der Waals surface area (Å²) in [6, 6.07) is 14.6. The van der Waals surface area contributed by atoms with E-state index in [1.54, 1.807) is 24.5 Å². The predicted molar refractivity (Wildman–Crippen MR) is 103 cm³/mol. The second-order valence-corrected chi connectivity index (χ2v) is 7.12. The SMILES string of the molecule is N[C@H](c1ccc2c(-c3ccncc3)c(-c3ccc(F)cc3)nn2c1)C1CC1. The molecule has 134 valence electrons. The van der Waals surface area contributed by atoms with Crippen molar-refractivity contribution in [2.45, 2.75) is 18.9 Å². The molecule has 0 unspecified atom stereocenters. The first-order valence-corrected chi connectivity index (χ1v) is 9.15. The van der Waals surface area contributed by atoms with Gasteiger partial charge < -0.3 is 5.73 Å². The van der Waals surface area contributed by atoms with Gasteiger partial charge in [0.05, 0.1) is 5.52 Å².